The average molecular weight is 247 g/mol. The van der Waals surface area contributed by atoms with Crippen LogP contribution >= 0.6 is 0 Å². The molecule has 0 aromatic carbocycles. The van der Waals surface area contributed by atoms with E-state index in [1.54, 1.807) is 0 Å². The molecule has 0 aliphatic rings. The van der Waals surface area contributed by atoms with Crippen LogP contribution in [0.5, 0.6) is 0 Å². The van der Waals surface area contributed by atoms with Crippen molar-refractivity contribution in [2.24, 2.45) is 0 Å². The Morgan fingerprint density at radius 2 is 1.87 bits per heavy atom. The summed E-state index contributed by atoms with van der Waals surface area (Å²) < 4.78 is 31.6. The normalized spacial score (nSPS) is 11.2. The SMILES string of the molecule is C=CC(=O)NC(C)[CH-]C.O=S(=O)(O)O.[Na+]. The van der Waals surface area contributed by atoms with Crippen LogP contribution in [0.3, 0.4) is 0 Å². The molecule has 0 aliphatic carbocycles. The summed E-state index contributed by atoms with van der Waals surface area (Å²) in [5.74, 6) is -0.124. The fourth-order valence-corrected chi connectivity index (χ4v) is 0.367. The molecule has 0 radical (unpaired) electrons. The second-order valence-corrected chi connectivity index (χ2v) is 3.18. The van der Waals surface area contributed by atoms with Crippen molar-refractivity contribution in [3.8, 4) is 0 Å². The molecule has 15 heavy (non-hydrogen) atoms. The van der Waals surface area contributed by atoms with Crippen molar-refractivity contribution in [2.75, 3.05) is 0 Å². The first-order chi connectivity index (χ1) is 6.20. The van der Waals surface area contributed by atoms with E-state index >= 15 is 0 Å². The van der Waals surface area contributed by atoms with Crippen molar-refractivity contribution in [1.82, 2.24) is 5.32 Å². The second kappa shape index (κ2) is 10.6. The molecule has 0 rings (SSSR count). The number of amides is 1. The van der Waals surface area contributed by atoms with E-state index in [1.807, 2.05) is 20.3 Å². The molecule has 6 nitrogen and oxygen atoms in total. The molecule has 0 saturated carbocycles. The molecule has 0 saturated heterocycles. The topological polar surface area (TPSA) is 104 Å². The van der Waals surface area contributed by atoms with Gasteiger partial charge < -0.3 is 11.7 Å². The van der Waals surface area contributed by atoms with Crippen molar-refractivity contribution >= 4 is 16.3 Å². The maximum atomic E-state index is 10.5. The van der Waals surface area contributed by atoms with Crippen LogP contribution in [0.1, 0.15) is 13.8 Å². The van der Waals surface area contributed by atoms with E-state index in [0.717, 1.165) is 0 Å². The third-order valence-electron chi connectivity index (χ3n) is 1.06. The van der Waals surface area contributed by atoms with Gasteiger partial charge in [-0.3, -0.25) is 13.9 Å². The molecule has 3 N–H and O–H groups in total. The molecule has 8 heteroatoms. The minimum Gasteiger partial charge on any atom is -0.380 e. The average Bonchev–Trinajstić information content (AvgIpc) is 2.01. The zero-order valence-electron chi connectivity index (χ0n) is 8.97. The van der Waals surface area contributed by atoms with Crippen LogP contribution in [0.4, 0.5) is 0 Å². The maximum absolute atomic E-state index is 10.5. The van der Waals surface area contributed by atoms with Crippen molar-refractivity contribution in [2.45, 2.75) is 19.9 Å². The number of carbonyl (C=O) groups is 1. The molecule has 0 bridgehead atoms. The van der Waals surface area contributed by atoms with Crippen LogP contribution in [0, 0.1) is 6.42 Å². The van der Waals surface area contributed by atoms with Gasteiger partial charge in [0.2, 0.25) is 5.91 Å². The van der Waals surface area contributed by atoms with Gasteiger partial charge in [0, 0.05) is 0 Å². The second-order valence-electron chi connectivity index (χ2n) is 2.28. The Labute approximate surface area is 112 Å². The summed E-state index contributed by atoms with van der Waals surface area (Å²) in [6.07, 6.45) is 3.17. The zero-order valence-corrected chi connectivity index (χ0v) is 11.8. The van der Waals surface area contributed by atoms with E-state index in [1.165, 1.54) is 6.08 Å². The molecular weight excluding hydrogens is 233 g/mol. The van der Waals surface area contributed by atoms with Gasteiger partial charge in [0.05, 0.1) is 0 Å². The van der Waals surface area contributed by atoms with Crippen LogP contribution in [0.2, 0.25) is 0 Å². The third-order valence-corrected chi connectivity index (χ3v) is 1.06. The maximum Gasteiger partial charge on any atom is 1.00 e. The standard InChI is InChI=1S/C7H12NO.Na.H2O4S/c1-4-6(3)8-7(9)5-2;;1-5(2,3)4/h4-6H,2H2,1,3H3,(H,8,9);;(H2,1,2,3,4)/q-1;+1;. The van der Waals surface area contributed by atoms with E-state index in [2.05, 4.69) is 11.9 Å². The van der Waals surface area contributed by atoms with Crippen LogP contribution in [0.15, 0.2) is 12.7 Å². The van der Waals surface area contributed by atoms with Crippen molar-refractivity contribution in [3.63, 3.8) is 0 Å². The summed E-state index contributed by atoms with van der Waals surface area (Å²) in [4.78, 5) is 10.5. The van der Waals surface area contributed by atoms with Gasteiger partial charge in [0.25, 0.3) is 0 Å². The Morgan fingerprint density at radius 3 is 2.07 bits per heavy atom. The van der Waals surface area contributed by atoms with E-state index in [9.17, 15) is 4.79 Å². The monoisotopic (exact) mass is 247 g/mol. The largest absolute Gasteiger partial charge is 1.00 e. The minimum absolute atomic E-state index is 0. The van der Waals surface area contributed by atoms with Crippen molar-refractivity contribution < 1.29 is 51.9 Å². The Balaban J connectivity index is -0.000000208. The fourth-order valence-electron chi connectivity index (χ4n) is 0.367. The first-order valence-electron chi connectivity index (χ1n) is 3.63. The van der Waals surface area contributed by atoms with Gasteiger partial charge in [0.1, 0.15) is 0 Å². The van der Waals surface area contributed by atoms with E-state index in [-0.39, 0.29) is 41.5 Å². The molecule has 1 unspecified atom stereocenters. The Morgan fingerprint density at radius 1 is 1.53 bits per heavy atom. The van der Waals surface area contributed by atoms with Crippen LogP contribution in [0.25, 0.3) is 0 Å². The first-order valence-corrected chi connectivity index (χ1v) is 5.02. The molecule has 0 aliphatic heterocycles. The van der Waals surface area contributed by atoms with Gasteiger partial charge in [-0.15, -0.1) is 0 Å². The molecular formula is C7H14NNaO5S. The van der Waals surface area contributed by atoms with Gasteiger partial charge in [0.15, 0.2) is 0 Å². The number of nitrogens with one attached hydrogen (secondary N) is 1. The van der Waals surface area contributed by atoms with Crippen molar-refractivity contribution in [3.05, 3.63) is 19.1 Å². The van der Waals surface area contributed by atoms with Crippen LogP contribution in [-0.2, 0) is 15.2 Å². The van der Waals surface area contributed by atoms with E-state index in [0.29, 0.717) is 0 Å². The minimum atomic E-state index is -4.67. The quantitative estimate of drug-likeness (QED) is 0.217. The number of carbonyl (C=O) groups excluding carboxylic acids is 1. The van der Waals surface area contributed by atoms with Gasteiger partial charge in [-0.1, -0.05) is 19.5 Å². The molecule has 84 valence electrons. The zero-order chi connectivity index (χ0) is 11.8. The van der Waals surface area contributed by atoms with E-state index in [4.69, 9.17) is 17.5 Å². The smallest absolute Gasteiger partial charge is 0.380 e. The number of rotatable bonds is 3. The third kappa shape index (κ3) is 31.5. The molecule has 0 fully saturated rings. The molecule has 0 aromatic heterocycles. The Kier molecular flexibility index (Phi) is 14.5. The van der Waals surface area contributed by atoms with Gasteiger partial charge in [-0.05, 0) is 6.08 Å². The van der Waals surface area contributed by atoms with Crippen molar-refractivity contribution in [1.29, 1.82) is 0 Å². The predicted octanol–water partition coefficient (Wildman–Crippen LogP) is -2.75. The summed E-state index contributed by atoms with van der Waals surface area (Å²) in [7, 11) is -4.67. The van der Waals surface area contributed by atoms with Gasteiger partial charge in [-0.25, -0.2) is 0 Å². The summed E-state index contributed by atoms with van der Waals surface area (Å²) in [5, 5.41) is 2.67. The molecule has 1 amide bonds. The summed E-state index contributed by atoms with van der Waals surface area (Å²) >= 11 is 0. The first kappa shape index (κ1) is 20.5. The Bertz CT molecular complexity index is 269. The molecule has 0 heterocycles. The van der Waals surface area contributed by atoms with Gasteiger partial charge >= 0.3 is 40.0 Å². The predicted molar refractivity (Wildman–Crippen MR) is 52.0 cm³/mol. The summed E-state index contributed by atoms with van der Waals surface area (Å²) in [5.41, 5.74) is 0. The molecule has 0 aromatic rings. The summed E-state index contributed by atoms with van der Waals surface area (Å²) in [6.45, 7) is 7.12. The number of hydrogen-bond donors (Lipinski definition) is 3. The molecule has 0 spiro atoms. The molecule has 1 atom stereocenters. The van der Waals surface area contributed by atoms with Crippen LogP contribution in [-0.4, -0.2) is 29.5 Å². The fraction of sp³-hybridized carbons (Fsp3) is 0.429. The van der Waals surface area contributed by atoms with Gasteiger partial charge in [-0.2, -0.15) is 15.3 Å². The number of hydrogen-bond acceptors (Lipinski definition) is 3. The van der Waals surface area contributed by atoms with Crippen LogP contribution < -0.4 is 34.9 Å². The Hall–Kier alpha value is 0.0800. The van der Waals surface area contributed by atoms with E-state index < -0.39 is 10.4 Å². The summed E-state index contributed by atoms with van der Waals surface area (Å²) in [6, 6.07) is 0.135.